The number of benzene rings is 4. The van der Waals surface area contributed by atoms with Crippen molar-refractivity contribution in [2.45, 2.75) is 107 Å². The van der Waals surface area contributed by atoms with Crippen LogP contribution >= 0.6 is 0 Å². The number of nitrogens with zero attached hydrogens (tertiary/aromatic N) is 3. The van der Waals surface area contributed by atoms with Crippen LogP contribution < -0.4 is 9.13 Å². The Morgan fingerprint density at radius 1 is 0.684 bits per heavy atom. The van der Waals surface area contributed by atoms with Crippen molar-refractivity contribution in [1.29, 1.82) is 0 Å². The van der Waals surface area contributed by atoms with E-state index in [4.69, 9.17) is 14.7 Å². The van der Waals surface area contributed by atoms with Gasteiger partial charge in [-0.3, -0.25) is 4.98 Å². The molecule has 4 nitrogen and oxygen atoms in total. The second-order valence-corrected chi connectivity index (χ2v) is 29.6. The molecule has 2 saturated carbocycles. The van der Waals surface area contributed by atoms with E-state index in [0.29, 0.717) is 5.41 Å². The number of rotatable bonds is 7. The summed E-state index contributed by atoms with van der Waals surface area (Å²) in [5.74, 6) is 9.24. The maximum atomic E-state index is 9.56. The van der Waals surface area contributed by atoms with E-state index in [0.717, 1.165) is 63.4 Å². The summed E-state index contributed by atoms with van der Waals surface area (Å²) in [6.45, 7) is 6.96. The molecule has 290 valence electrons. The summed E-state index contributed by atoms with van der Waals surface area (Å²) >= 11 is -2.04. The van der Waals surface area contributed by atoms with Gasteiger partial charge in [-0.2, -0.15) is 0 Å². The number of aromatic nitrogens is 3. The van der Waals surface area contributed by atoms with Crippen LogP contribution in [0.25, 0.3) is 50.0 Å². The van der Waals surface area contributed by atoms with E-state index in [1.54, 1.807) is 0 Å². The Balaban J connectivity index is 1.04. The summed E-state index contributed by atoms with van der Waals surface area (Å²) in [7, 11) is 0. The molecule has 0 bridgehead atoms. The summed E-state index contributed by atoms with van der Waals surface area (Å²) in [6.07, 6.45) is 14.9. The van der Waals surface area contributed by atoms with E-state index in [-0.39, 0.29) is 5.41 Å². The molecule has 2 aliphatic rings. The monoisotopic (exact) mass is 814 g/mol. The molecule has 3 aromatic heterocycles. The number of hydrogen-bond acceptors (Lipinski definition) is 3. The van der Waals surface area contributed by atoms with Crippen LogP contribution in [0.2, 0.25) is 17.3 Å². The summed E-state index contributed by atoms with van der Waals surface area (Å²) in [4.78, 5) is 9.79. The summed E-state index contributed by atoms with van der Waals surface area (Å²) in [6, 6.07) is 39.0. The first-order valence-corrected chi connectivity index (χ1v) is 28.5. The van der Waals surface area contributed by atoms with Crippen LogP contribution in [0, 0.1) is 5.41 Å². The Labute approximate surface area is 343 Å². The Morgan fingerprint density at radius 3 is 2.23 bits per heavy atom. The summed E-state index contributed by atoms with van der Waals surface area (Å²) in [5, 5.41) is 2.34. The quantitative estimate of drug-likeness (QED) is 0.151. The van der Waals surface area contributed by atoms with Gasteiger partial charge in [0.1, 0.15) is 5.75 Å². The molecule has 0 saturated heterocycles. The average molecular weight is 814 g/mol. The van der Waals surface area contributed by atoms with Gasteiger partial charge in [-0.25, -0.2) is 0 Å². The normalized spacial score (nSPS) is 17.2. The number of fused-ring (bicyclic) bond motifs is 3. The molecule has 2 fully saturated rings. The topological polar surface area (TPSA) is 39.9 Å². The first kappa shape index (κ1) is 36.6. The van der Waals surface area contributed by atoms with Gasteiger partial charge in [0.25, 0.3) is 0 Å². The fourth-order valence-corrected chi connectivity index (χ4v) is 12.1. The number of ether oxygens (including phenoxy) is 1. The van der Waals surface area contributed by atoms with E-state index in [1.165, 1.54) is 71.4 Å². The third-order valence-corrected chi connectivity index (χ3v) is 17.3. The van der Waals surface area contributed by atoms with Crippen LogP contribution in [0.4, 0.5) is 0 Å². The van der Waals surface area contributed by atoms with Crippen molar-refractivity contribution in [3.05, 3.63) is 133 Å². The van der Waals surface area contributed by atoms with Gasteiger partial charge in [0.2, 0.25) is 0 Å². The Bertz CT molecular complexity index is 2630. The third kappa shape index (κ3) is 7.58. The zero-order valence-electron chi connectivity index (χ0n) is 35.7. The average Bonchev–Trinajstić information content (AvgIpc) is 3.55. The number of para-hydroxylation sites is 1. The SMILES string of the molecule is [2H]C1(c2ccnc(-c3cccc(Oc4ccc5c6ccccc6n(-c6cc(-c7cc[c]([Ge]([CH3])([CH3])[CH3])cc7C(C)(C)C)ccn6)c5c4)c3)c2)CCC2(CCCCC2)CC1. The molecule has 1 spiro atoms. The minimum Gasteiger partial charge on any atom is -0.0533 e. The first-order chi connectivity index (χ1) is 27.8. The first-order valence-electron chi connectivity index (χ1n) is 21.7. The fraction of sp³-hybridized carbons (Fsp3) is 0.346. The van der Waals surface area contributed by atoms with Crippen molar-refractivity contribution in [2.75, 3.05) is 0 Å². The van der Waals surface area contributed by atoms with Crippen molar-refractivity contribution in [3.8, 4) is 39.7 Å². The van der Waals surface area contributed by atoms with Crippen LogP contribution in [-0.2, 0) is 5.41 Å². The molecule has 4 aromatic carbocycles. The van der Waals surface area contributed by atoms with Gasteiger partial charge in [0.05, 0.1) is 5.69 Å². The second kappa shape index (κ2) is 14.9. The molecule has 5 heteroatoms. The van der Waals surface area contributed by atoms with Crippen molar-refractivity contribution in [3.63, 3.8) is 0 Å². The maximum Gasteiger partial charge on any atom is -0.00988 e. The fourth-order valence-electron chi connectivity index (χ4n) is 9.69. The smallest absolute Gasteiger partial charge is 0.00988 e. The standard InChI is InChI=1S/C52H57GeN3O/c1-51(2,3)46-34-40(53(4,5)6)17-19-43(46)38-24-30-55-50(33-38)56-48-16-9-8-15-44(48)45-20-18-42(35-49(45)56)57-41-14-12-13-39(31-41)47-32-37(23-29-54-47)36-21-27-52(28-22-36)25-10-7-11-26-52/h8-9,12-20,23-24,29-36H,7,10-11,21-22,25-28H2,1-6H3/i36D. The molecule has 0 atom stereocenters. The molecule has 0 amide bonds. The van der Waals surface area contributed by atoms with E-state index >= 15 is 0 Å². The Morgan fingerprint density at radius 2 is 1.44 bits per heavy atom. The molecule has 2 aliphatic carbocycles. The van der Waals surface area contributed by atoms with Crippen LogP contribution in [-0.4, -0.2) is 27.8 Å². The molecule has 0 radical (unpaired) electrons. The molecule has 3 heterocycles. The Kier molecular flexibility index (Phi) is 9.60. The van der Waals surface area contributed by atoms with Crippen LogP contribution in [0.1, 0.15) is 97.0 Å². The second-order valence-electron chi connectivity index (χ2n) is 18.9. The van der Waals surface area contributed by atoms with E-state index in [9.17, 15) is 1.37 Å². The van der Waals surface area contributed by atoms with Crippen molar-refractivity contribution < 1.29 is 6.11 Å². The minimum atomic E-state index is -2.04. The predicted octanol–water partition coefficient (Wildman–Crippen LogP) is 14.2. The summed E-state index contributed by atoms with van der Waals surface area (Å²) in [5.41, 5.74) is 9.42. The molecule has 9 rings (SSSR count). The van der Waals surface area contributed by atoms with Crippen LogP contribution in [0.15, 0.2) is 122 Å². The molecule has 0 unspecified atom stereocenters. The van der Waals surface area contributed by atoms with E-state index < -0.39 is 19.2 Å². The maximum absolute atomic E-state index is 9.56. The Hall–Kier alpha value is -4.68. The van der Waals surface area contributed by atoms with Gasteiger partial charge >= 0.3 is 204 Å². The van der Waals surface area contributed by atoms with Gasteiger partial charge in [-0.15, -0.1) is 0 Å². The van der Waals surface area contributed by atoms with Gasteiger partial charge in [0, 0.05) is 13.1 Å². The zero-order valence-corrected chi connectivity index (χ0v) is 36.8. The van der Waals surface area contributed by atoms with Crippen LogP contribution in [0.3, 0.4) is 0 Å². The number of pyridine rings is 2. The van der Waals surface area contributed by atoms with E-state index in [1.807, 2.05) is 24.5 Å². The van der Waals surface area contributed by atoms with Gasteiger partial charge in [0.15, 0.2) is 0 Å². The minimum absolute atomic E-state index is 0.00513. The zero-order chi connectivity index (χ0) is 40.3. The molecule has 0 N–H and O–H groups in total. The van der Waals surface area contributed by atoms with Gasteiger partial charge < -0.3 is 0 Å². The summed E-state index contributed by atoms with van der Waals surface area (Å²) < 4.78 is 20.0. The van der Waals surface area contributed by atoms with Crippen LogP contribution in [0.5, 0.6) is 11.5 Å². The molecule has 7 aromatic rings. The van der Waals surface area contributed by atoms with Crippen molar-refractivity contribution in [2.24, 2.45) is 5.41 Å². The van der Waals surface area contributed by atoms with Gasteiger partial charge in [-0.05, 0) is 79.7 Å². The number of hydrogen-bond donors (Lipinski definition) is 0. The van der Waals surface area contributed by atoms with E-state index in [2.05, 4.69) is 140 Å². The largest absolute Gasteiger partial charge is 0.0533 e. The third-order valence-electron chi connectivity index (χ3n) is 13.0. The molecular formula is C52H57GeN3O. The van der Waals surface area contributed by atoms with Crippen molar-refractivity contribution in [1.82, 2.24) is 14.5 Å². The molecular weight excluding hydrogens is 755 g/mol. The molecule has 57 heavy (non-hydrogen) atoms. The van der Waals surface area contributed by atoms with Gasteiger partial charge in [-0.1, -0.05) is 31.4 Å². The predicted molar refractivity (Wildman–Crippen MR) is 242 cm³/mol. The van der Waals surface area contributed by atoms with Crippen molar-refractivity contribution >= 4 is 39.5 Å². The molecule has 0 aliphatic heterocycles.